The molecule has 0 amide bonds. The SMILES string of the molecule is CON=CCCC(=O)CC(=O)O. The van der Waals surface area contributed by atoms with Gasteiger partial charge in [0.25, 0.3) is 0 Å². The van der Waals surface area contributed by atoms with Crippen molar-refractivity contribution in [2.45, 2.75) is 19.3 Å². The van der Waals surface area contributed by atoms with Crippen molar-refractivity contribution in [3.8, 4) is 0 Å². The zero-order chi connectivity index (χ0) is 9.40. The number of oxime groups is 1. The summed E-state index contributed by atoms with van der Waals surface area (Å²) in [7, 11) is 1.40. The monoisotopic (exact) mass is 173 g/mol. The molecular formula is C7H11NO4. The van der Waals surface area contributed by atoms with Crippen LogP contribution in [-0.2, 0) is 14.4 Å². The van der Waals surface area contributed by atoms with Gasteiger partial charge in [-0.3, -0.25) is 9.59 Å². The van der Waals surface area contributed by atoms with Crippen LogP contribution in [0.5, 0.6) is 0 Å². The molecule has 0 aromatic rings. The largest absolute Gasteiger partial charge is 0.481 e. The molecule has 0 aliphatic carbocycles. The fourth-order valence-corrected chi connectivity index (χ4v) is 0.610. The van der Waals surface area contributed by atoms with Gasteiger partial charge in [-0.2, -0.15) is 0 Å². The van der Waals surface area contributed by atoms with Gasteiger partial charge in [-0.1, -0.05) is 5.16 Å². The Balaban J connectivity index is 3.44. The number of carboxylic acid groups (broad SMARTS) is 1. The van der Waals surface area contributed by atoms with E-state index in [0.29, 0.717) is 6.42 Å². The van der Waals surface area contributed by atoms with E-state index in [9.17, 15) is 9.59 Å². The van der Waals surface area contributed by atoms with E-state index in [1.54, 1.807) is 0 Å². The highest BCUT2D eigenvalue weighted by Gasteiger charge is 2.05. The number of hydrogen-bond acceptors (Lipinski definition) is 4. The van der Waals surface area contributed by atoms with Gasteiger partial charge in [-0.15, -0.1) is 0 Å². The van der Waals surface area contributed by atoms with Crippen LogP contribution in [-0.4, -0.2) is 30.2 Å². The number of rotatable bonds is 6. The van der Waals surface area contributed by atoms with Crippen LogP contribution in [0.2, 0.25) is 0 Å². The van der Waals surface area contributed by atoms with Crippen LogP contribution < -0.4 is 0 Å². The number of carbonyl (C=O) groups is 2. The Morgan fingerprint density at radius 1 is 1.58 bits per heavy atom. The molecule has 0 radical (unpaired) electrons. The van der Waals surface area contributed by atoms with Gasteiger partial charge in [-0.25, -0.2) is 0 Å². The molecule has 5 nitrogen and oxygen atoms in total. The summed E-state index contributed by atoms with van der Waals surface area (Å²) < 4.78 is 0. The molecule has 5 heteroatoms. The minimum absolute atomic E-state index is 0.194. The van der Waals surface area contributed by atoms with Crippen LogP contribution in [0.3, 0.4) is 0 Å². The first-order valence-corrected chi connectivity index (χ1v) is 3.45. The summed E-state index contributed by atoms with van der Waals surface area (Å²) in [6.45, 7) is 0. The van der Waals surface area contributed by atoms with Gasteiger partial charge in [0, 0.05) is 12.6 Å². The van der Waals surface area contributed by atoms with Crippen molar-refractivity contribution in [3.63, 3.8) is 0 Å². The van der Waals surface area contributed by atoms with Crippen LogP contribution >= 0.6 is 0 Å². The van der Waals surface area contributed by atoms with Gasteiger partial charge < -0.3 is 9.94 Å². The molecule has 0 atom stereocenters. The fourth-order valence-electron chi connectivity index (χ4n) is 0.610. The minimum Gasteiger partial charge on any atom is -0.481 e. The number of carbonyl (C=O) groups excluding carboxylic acids is 1. The molecule has 0 aromatic heterocycles. The maximum atomic E-state index is 10.7. The van der Waals surface area contributed by atoms with Crippen molar-refractivity contribution >= 4 is 18.0 Å². The van der Waals surface area contributed by atoms with Gasteiger partial charge in [-0.05, 0) is 6.42 Å². The third kappa shape index (κ3) is 6.73. The molecule has 0 rings (SSSR count). The summed E-state index contributed by atoms with van der Waals surface area (Å²) in [6, 6.07) is 0. The second-order valence-electron chi connectivity index (χ2n) is 2.12. The molecule has 68 valence electrons. The first-order chi connectivity index (χ1) is 5.66. The highest BCUT2D eigenvalue weighted by Crippen LogP contribution is 1.93. The molecule has 1 N–H and O–H groups in total. The Morgan fingerprint density at radius 3 is 2.75 bits per heavy atom. The molecule has 0 aromatic carbocycles. The van der Waals surface area contributed by atoms with Crippen molar-refractivity contribution < 1.29 is 19.5 Å². The van der Waals surface area contributed by atoms with E-state index < -0.39 is 12.4 Å². The van der Waals surface area contributed by atoms with Gasteiger partial charge in [0.15, 0.2) is 0 Å². The molecule has 0 aliphatic heterocycles. The maximum absolute atomic E-state index is 10.7. The maximum Gasteiger partial charge on any atom is 0.310 e. The average molecular weight is 173 g/mol. The fraction of sp³-hybridized carbons (Fsp3) is 0.571. The van der Waals surface area contributed by atoms with Gasteiger partial charge in [0.1, 0.15) is 19.3 Å². The van der Waals surface area contributed by atoms with Crippen LogP contribution in [0.1, 0.15) is 19.3 Å². The highest BCUT2D eigenvalue weighted by molar-refractivity contribution is 5.95. The topological polar surface area (TPSA) is 76.0 Å². The molecule has 12 heavy (non-hydrogen) atoms. The van der Waals surface area contributed by atoms with Crippen molar-refractivity contribution in [2.24, 2.45) is 5.16 Å². The highest BCUT2D eigenvalue weighted by atomic mass is 16.6. The smallest absolute Gasteiger partial charge is 0.310 e. The first-order valence-electron chi connectivity index (χ1n) is 3.45. The van der Waals surface area contributed by atoms with Gasteiger partial charge in [0.2, 0.25) is 0 Å². The number of aliphatic carboxylic acids is 1. The van der Waals surface area contributed by atoms with E-state index >= 15 is 0 Å². The van der Waals surface area contributed by atoms with E-state index in [2.05, 4.69) is 9.99 Å². The van der Waals surface area contributed by atoms with Gasteiger partial charge in [0.05, 0.1) is 0 Å². The molecule has 0 heterocycles. The normalized spacial score (nSPS) is 10.1. The second kappa shape index (κ2) is 6.33. The number of hydrogen-bond donors (Lipinski definition) is 1. The van der Waals surface area contributed by atoms with E-state index in [1.807, 2.05) is 0 Å². The number of Topliss-reactive ketones (excluding diaryl/α,β-unsaturated/α-hetero) is 1. The summed E-state index contributed by atoms with van der Waals surface area (Å²) in [6.07, 6.45) is 1.62. The second-order valence-corrected chi connectivity index (χ2v) is 2.12. The lowest BCUT2D eigenvalue weighted by molar-refractivity contribution is -0.140. The Hall–Kier alpha value is -1.39. The molecule has 0 bridgehead atoms. The molecule has 0 saturated carbocycles. The molecular weight excluding hydrogens is 162 g/mol. The lowest BCUT2D eigenvalue weighted by Gasteiger charge is -1.92. The predicted octanol–water partition coefficient (Wildman–Crippen LogP) is 0.443. The van der Waals surface area contributed by atoms with Crippen molar-refractivity contribution in [2.75, 3.05) is 7.11 Å². The molecule has 0 fully saturated rings. The standard InChI is InChI=1S/C7H11NO4/c1-12-8-4-2-3-6(9)5-7(10)11/h4H,2-3,5H2,1H3,(H,10,11). The third-order valence-electron chi connectivity index (χ3n) is 1.08. The van der Waals surface area contributed by atoms with Gasteiger partial charge >= 0.3 is 5.97 Å². The van der Waals surface area contributed by atoms with Crippen molar-refractivity contribution in [1.82, 2.24) is 0 Å². The quantitative estimate of drug-likeness (QED) is 0.359. The number of nitrogens with zero attached hydrogens (tertiary/aromatic N) is 1. The molecule has 0 spiro atoms. The van der Waals surface area contributed by atoms with Crippen LogP contribution in [0.4, 0.5) is 0 Å². The zero-order valence-electron chi connectivity index (χ0n) is 6.82. The number of ketones is 1. The lowest BCUT2D eigenvalue weighted by atomic mass is 10.2. The van der Waals surface area contributed by atoms with Crippen LogP contribution in [0.15, 0.2) is 5.16 Å². The number of carboxylic acids is 1. The summed E-state index contributed by atoms with van der Waals surface area (Å²) in [5.74, 6) is -1.39. The van der Waals surface area contributed by atoms with Crippen LogP contribution in [0, 0.1) is 0 Å². The Labute approximate surface area is 70.0 Å². The molecule has 0 saturated heterocycles. The average Bonchev–Trinajstić information content (AvgIpc) is 1.97. The summed E-state index contributed by atoms with van der Waals surface area (Å²) in [5.41, 5.74) is 0. The Bertz CT molecular complexity index is 188. The summed E-state index contributed by atoms with van der Waals surface area (Å²) in [4.78, 5) is 25.1. The Kier molecular flexibility index (Phi) is 5.60. The summed E-state index contributed by atoms with van der Waals surface area (Å²) >= 11 is 0. The predicted molar refractivity (Wildman–Crippen MR) is 42.0 cm³/mol. The third-order valence-corrected chi connectivity index (χ3v) is 1.08. The van der Waals surface area contributed by atoms with E-state index in [4.69, 9.17) is 5.11 Å². The van der Waals surface area contributed by atoms with E-state index in [-0.39, 0.29) is 12.2 Å². The van der Waals surface area contributed by atoms with E-state index in [1.165, 1.54) is 13.3 Å². The van der Waals surface area contributed by atoms with Crippen molar-refractivity contribution in [3.05, 3.63) is 0 Å². The van der Waals surface area contributed by atoms with Crippen molar-refractivity contribution in [1.29, 1.82) is 0 Å². The zero-order valence-corrected chi connectivity index (χ0v) is 6.82. The van der Waals surface area contributed by atoms with Crippen LogP contribution in [0.25, 0.3) is 0 Å². The Morgan fingerprint density at radius 2 is 2.25 bits per heavy atom. The molecule has 0 aliphatic rings. The summed E-state index contributed by atoms with van der Waals surface area (Å²) in [5, 5.41) is 11.6. The van der Waals surface area contributed by atoms with E-state index in [0.717, 1.165) is 0 Å². The first kappa shape index (κ1) is 10.6. The lowest BCUT2D eigenvalue weighted by Crippen LogP contribution is -2.06. The minimum atomic E-state index is -1.09. The molecule has 0 unspecified atom stereocenters.